The van der Waals surface area contributed by atoms with Crippen LogP contribution in [0.1, 0.15) is 0 Å². The summed E-state index contributed by atoms with van der Waals surface area (Å²) < 4.78 is 67.2. The van der Waals surface area contributed by atoms with Crippen molar-refractivity contribution in [3.63, 3.8) is 0 Å². The van der Waals surface area contributed by atoms with Crippen molar-refractivity contribution in [2.24, 2.45) is 5.16 Å². The molecule has 8 heteroatoms. The molecule has 1 N–H and O–H groups in total. The van der Waals surface area contributed by atoms with E-state index >= 15 is 0 Å². The molecule has 0 saturated carbocycles. The SMILES string of the molecule is ON=C(C(F)(F)F)C(F)(F)F. The smallest absolute Gasteiger partial charge is 0.410 e. The first-order chi connectivity index (χ1) is 4.69. The van der Waals surface area contributed by atoms with Gasteiger partial charge in [-0.1, -0.05) is 5.16 Å². The van der Waals surface area contributed by atoms with Crippen LogP contribution in [0, 0.1) is 0 Å². The van der Waals surface area contributed by atoms with E-state index in [4.69, 9.17) is 5.21 Å². The largest absolute Gasteiger partial charge is 0.441 e. The number of hydrogen-bond donors (Lipinski definition) is 1. The maximum Gasteiger partial charge on any atom is 0.441 e. The van der Waals surface area contributed by atoms with Crippen molar-refractivity contribution in [3.05, 3.63) is 0 Å². The van der Waals surface area contributed by atoms with Crippen LogP contribution in [0.25, 0.3) is 0 Å². The number of halogens is 6. The van der Waals surface area contributed by atoms with Gasteiger partial charge in [-0.05, 0) is 0 Å². The van der Waals surface area contributed by atoms with E-state index in [1.54, 1.807) is 0 Å². The molecular formula is C3HF6NO. The van der Waals surface area contributed by atoms with Crippen molar-refractivity contribution < 1.29 is 31.5 Å². The second kappa shape index (κ2) is 2.59. The lowest BCUT2D eigenvalue weighted by molar-refractivity contribution is -0.120. The van der Waals surface area contributed by atoms with E-state index in [1.807, 2.05) is 0 Å². The fourth-order valence-corrected chi connectivity index (χ4v) is 0.274. The minimum atomic E-state index is -5.67. The summed E-state index contributed by atoms with van der Waals surface area (Å²) in [5.41, 5.74) is -3.16. The molecule has 0 amide bonds. The number of hydrogen-bond acceptors (Lipinski definition) is 2. The van der Waals surface area contributed by atoms with Crippen LogP contribution >= 0.6 is 0 Å². The third-order valence-electron chi connectivity index (χ3n) is 0.637. The normalized spacial score (nSPS) is 12.9. The zero-order valence-electron chi connectivity index (χ0n) is 4.66. The lowest BCUT2D eigenvalue weighted by Crippen LogP contribution is -2.36. The van der Waals surface area contributed by atoms with Gasteiger partial charge in [0.2, 0.25) is 0 Å². The fraction of sp³-hybridized carbons (Fsp3) is 0.667. The molecule has 0 fully saturated rings. The first kappa shape index (κ1) is 10.1. The zero-order valence-corrected chi connectivity index (χ0v) is 4.66. The lowest BCUT2D eigenvalue weighted by Gasteiger charge is -2.10. The summed E-state index contributed by atoms with van der Waals surface area (Å²) >= 11 is 0. The standard InChI is InChI=1S/C3HF6NO/c4-2(5,6)1(10-11)3(7,8)9/h11H. The number of nitrogens with zero attached hydrogens (tertiary/aromatic N) is 1. The van der Waals surface area contributed by atoms with E-state index < -0.39 is 18.1 Å². The third-order valence-corrected chi connectivity index (χ3v) is 0.637. The molecule has 0 bridgehead atoms. The molecule has 0 spiro atoms. The summed E-state index contributed by atoms with van der Waals surface area (Å²) in [5, 5.41) is 8.44. The zero-order chi connectivity index (χ0) is 9.28. The predicted octanol–water partition coefficient (Wildman–Crippen LogP) is 1.94. The fourth-order valence-electron chi connectivity index (χ4n) is 0.274. The molecule has 0 aromatic heterocycles. The first-order valence-corrected chi connectivity index (χ1v) is 2.06. The molecule has 0 aromatic carbocycles. The monoisotopic (exact) mass is 181 g/mol. The Morgan fingerprint density at radius 1 is 0.909 bits per heavy atom. The Morgan fingerprint density at radius 3 is 1.18 bits per heavy atom. The van der Waals surface area contributed by atoms with Gasteiger partial charge in [0.25, 0.3) is 5.71 Å². The molecule has 0 saturated heterocycles. The quantitative estimate of drug-likeness (QED) is 0.263. The van der Waals surface area contributed by atoms with Crippen molar-refractivity contribution in [1.29, 1.82) is 0 Å². The summed E-state index contributed by atoms with van der Waals surface area (Å²) in [6, 6.07) is 0. The van der Waals surface area contributed by atoms with Gasteiger partial charge in [-0.2, -0.15) is 26.3 Å². The summed E-state index contributed by atoms with van der Waals surface area (Å²) in [6.45, 7) is 0. The Bertz CT molecular complexity index is 150. The summed E-state index contributed by atoms with van der Waals surface area (Å²) in [7, 11) is 0. The molecule has 0 heterocycles. The van der Waals surface area contributed by atoms with Crippen molar-refractivity contribution in [3.8, 4) is 0 Å². The van der Waals surface area contributed by atoms with Gasteiger partial charge in [0.1, 0.15) is 0 Å². The number of oxime groups is 1. The van der Waals surface area contributed by atoms with Crippen LogP contribution in [0.5, 0.6) is 0 Å². The third kappa shape index (κ3) is 2.64. The molecule has 0 aliphatic heterocycles. The molecule has 2 nitrogen and oxygen atoms in total. The minimum absolute atomic E-state index is 1.10. The predicted molar refractivity (Wildman–Crippen MR) is 21.3 cm³/mol. The Kier molecular flexibility index (Phi) is 2.37. The first-order valence-electron chi connectivity index (χ1n) is 2.06. The van der Waals surface area contributed by atoms with Gasteiger partial charge in [0, 0.05) is 0 Å². The van der Waals surface area contributed by atoms with E-state index in [0.29, 0.717) is 0 Å². The average molecular weight is 181 g/mol. The van der Waals surface area contributed by atoms with Crippen LogP contribution < -0.4 is 0 Å². The highest BCUT2D eigenvalue weighted by molar-refractivity contribution is 5.94. The Morgan fingerprint density at radius 2 is 1.18 bits per heavy atom. The molecule has 0 aromatic rings. The molecular weight excluding hydrogens is 180 g/mol. The van der Waals surface area contributed by atoms with Crippen molar-refractivity contribution in [2.45, 2.75) is 12.4 Å². The number of alkyl halides is 6. The van der Waals surface area contributed by atoms with Gasteiger partial charge in [-0.15, -0.1) is 0 Å². The molecule has 0 atom stereocenters. The second-order valence-electron chi connectivity index (χ2n) is 1.44. The van der Waals surface area contributed by atoms with E-state index in [-0.39, 0.29) is 0 Å². The van der Waals surface area contributed by atoms with Crippen LogP contribution in [-0.4, -0.2) is 23.3 Å². The molecule has 0 aliphatic rings. The summed E-state index contributed by atoms with van der Waals surface area (Å²) in [4.78, 5) is 0. The van der Waals surface area contributed by atoms with Crippen LogP contribution in [0.3, 0.4) is 0 Å². The van der Waals surface area contributed by atoms with Crippen LogP contribution in [0.2, 0.25) is 0 Å². The van der Waals surface area contributed by atoms with Gasteiger partial charge in [-0.25, -0.2) is 0 Å². The van der Waals surface area contributed by atoms with Crippen LogP contribution in [-0.2, 0) is 0 Å². The Balaban J connectivity index is 4.74. The molecule has 11 heavy (non-hydrogen) atoms. The maximum absolute atomic E-state index is 11.2. The molecule has 0 aliphatic carbocycles. The minimum Gasteiger partial charge on any atom is -0.410 e. The summed E-state index contributed by atoms with van der Waals surface area (Å²) in [5.74, 6) is 0. The number of rotatable bonds is 0. The van der Waals surface area contributed by atoms with E-state index in [2.05, 4.69) is 0 Å². The van der Waals surface area contributed by atoms with Crippen molar-refractivity contribution >= 4 is 5.71 Å². The topological polar surface area (TPSA) is 32.6 Å². The van der Waals surface area contributed by atoms with Gasteiger partial charge in [0.15, 0.2) is 0 Å². The molecule has 0 unspecified atom stereocenters. The van der Waals surface area contributed by atoms with E-state index in [0.717, 1.165) is 5.16 Å². The Hall–Kier alpha value is -0.950. The highest BCUT2D eigenvalue weighted by atomic mass is 19.4. The van der Waals surface area contributed by atoms with Gasteiger partial charge < -0.3 is 5.21 Å². The van der Waals surface area contributed by atoms with E-state index in [9.17, 15) is 26.3 Å². The highest BCUT2D eigenvalue weighted by Crippen LogP contribution is 2.29. The van der Waals surface area contributed by atoms with Gasteiger partial charge >= 0.3 is 12.4 Å². The van der Waals surface area contributed by atoms with Crippen molar-refractivity contribution in [2.75, 3.05) is 0 Å². The van der Waals surface area contributed by atoms with Crippen LogP contribution in [0.15, 0.2) is 5.16 Å². The highest BCUT2D eigenvalue weighted by Gasteiger charge is 2.54. The Labute approximate surface area is 56.1 Å². The van der Waals surface area contributed by atoms with Crippen LogP contribution in [0.4, 0.5) is 26.3 Å². The van der Waals surface area contributed by atoms with Gasteiger partial charge in [-0.3, -0.25) is 0 Å². The van der Waals surface area contributed by atoms with E-state index in [1.165, 1.54) is 0 Å². The molecule has 66 valence electrons. The molecule has 0 radical (unpaired) electrons. The van der Waals surface area contributed by atoms with Crippen molar-refractivity contribution in [1.82, 2.24) is 0 Å². The molecule has 0 rings (SSSR count). The average Bonchev–Trinajstić information content (AvgIpc) is 1.56. The second-order valence-corrected chi connectivity index (χ2v) is 1.44. The van der Waals surface area contributed by atoms with Gasteiger partial charge in [0.05, 0.1) is 0 Å². The maximum atomic E-state index is 11.2. The lowest BCUT2D eigenvalue weighted by atomic mass is 10.3. The summed E-state index contributed by atoms with van der Waals surface area (Å²) in [6.07, 6.45) is -11.3.